The van der Waals surface area contributed by atoms with Crippen molar-refractivity contribution in [2.24, 2.45) is 0 Å². The number of aromatic nitrogens is 2. The Hall–Kier alpha value is -2.18. The summed E-state index contributed by atoms with van der Waals surface area (Å²) < 4.78 is 13.0. The van der Waals surface area contributed by atoms with Crippen molar-refractivity contribution >= 4 is 28.1 Å². The molecule has 0 saturated heterocycles. The molecule has 0 amide bonds. The van der Waals surface area contributed by atoms with Gasteiger partial charge in [-0.25, -0.2) is 4.98 Å². The molecule has 1 aromatic heterocycles. The van der Waals surface area contributed by atoms with E-state index in [1.54, 1.807) is 7.11 Å². The van der Waals surface area contributed by atoms with Crippen LogP contribution in [-0.2, 0) is 6.42 Å². The number of H-pyrrole nitrogens is 1. The van der Waals surface area contributed by atoms with Crippen molar-refractivity contribution in [2.45, 2.75) is 6.42 Å². The summed E-state index contributed by atoms with van der Waals surface area (Å²) in [6.07, 6.45) is 0.651. The van der Waals surface area contributed by atoms with Gasteiger partial charge in [-0.2, -0.15) is 0 Å². The second-order valence-corrected chi connectivity index (χ2v) is 6.74. The fourth-order valence-electron chi connectivity index (χ4n) is 2.77. The van der Waals surface area contributed by atoms with Gasteiger partial charge in [0.2, 0.25) is 5.88 Å². The average Bonchev–Trinajstić information content (AvgIpc) is 2.60. The predicted octanol–water partition coefficient (Wildman–Crippen LogP) is 5.27. The van der Waals surface area contributed by atoms with E-state index in [-0.39, 0.29) is 0 Å². The molecule has 0 spiro atoms. The van der Waals surface area contributed by atoms with Gasteiger partial charge in [0.25, 0.3) is 0 Å². The zero-order chi connectivity index (χ0) is 16.7. The molecule has 24 heavy (non-hydrogen) atoms. The lowest BCUT2D eigenvalue weighted by atomic mass is 10.0. The number of rotatable bonds is 2. The third-order valence-electron chi connectivity index (χ3n) is 3.91. The Balaban J connectivity index is 1.85. The van der Waals surface area contributed by atoms with Crippen LogP contribution in [0.4, 0.5) is 0 Å². The van der Waals surface area contributed by atoms with Gasteiger partial charge in [0.1, 0.15) is 10.5 Å². The molecule has 1 N–H and O–H groups in total. The van der Waals surface area contributed by atoms with Crippen LogP contribution in [0.3, 0.4) is 0 Å². The van der Waals surface area contributed by atoms with E-state index in [1.807, 2.05) is 42.5 Å². The Labute approximate surface area is 152 Å². The van der Waals surface area contributed by atoms with Gasteiger partial charge >= 0.3 is 0 Å². The van der Waals surface area contributed by atoms with E-state index in [9.17, 15) is 0 Å². The number of hydrogen-bond donors (Lipinski definition) is 1. The molecule has 0 atom stereocenters. The Morgan fingerprint density at radius 2 is 2.04 bits per heavy atom. The van der Waals surface area contributed by atoms with Crippen LogP contribution >= 0.6 is 28.1 Å². The van der Waals surface area contributed by atoms with E-state index in [0.29, 0.717) is 34.3 Å². The van der Waals surface area contributed by atoms with Gasteiger partial charge in [-0.15, -0.1) is 0 Å². The molecule has 4 nitrogen and oxygen atoms in total. The van der Waals surface area contributed by atoms with Crippen molar-refractivity contribution in [3.63, 3.8) is 0 Å². The van der Waals surface area contributed by atoms with Crippen LogP contribution in [0, 0.1) is 4.64 Å². The zero-order valence-electron chi connectivity index (χ0n) is 12.8. The Morgan fingerprint density at radius 1 is 1.25 bits per heavy atom. The van der Waals surface area contributed by atoms with Crippen molar-refractivity contribution in [2.75, 3.05) is 7.11 Å². The third kappa shape index (κ3) is 2.61. The van der Waals surface area contributed by atoms with E-state index in [0.717, 1.165) is 21.2 Å². The van der Waals surface area contributed by atoms with Gasteiger partial charge in [0.05, 0.1) is 12.7 Å². The molecule has 0 saturated carbocycles. The smallest absolute Gasteiger partial charge is 0.205 e. The van der Waals surface area contributed by atoms with E-state index < -0.39 is 0 Å². The number of nitrogens with zero attached hydrogens (tertiary/aromatic N) is 1. The highest BCUT2D eigenvalue weighted by molar-refractivity contribution is 9.10. The molecule has 120 valence electrons. The summed E-state index contributed by atoms with van der Waals surface area (Å²) in [4.78, 5) is 7.79. The summed E-state index contributed by atoms with van der Waals surface area (Å²) in [7, 11) is 1.63. The Bertz CT molecular complexity index is 986. The van der Waals surface area contributed by atoms with E-state index in [1.165, 1.54) is 0 Å². The van der Waals surface area contributed by atoms with Crippen LogP contribution in [0.5, 0.6) is 17.4 Å². The number of aromatic amines is 1. The first kappa shape index (κ1) is 15.4. The second-order valence-electron chi connectivity index (χ2n) is 5.44. The number of benzene rings is 2. The molecule has 6 heteroatoms. The van der Waals surface area contributed by atoms with Gasteiger partial charge < -0.3 is 14.5 Å². The van der Waals surface area contributed by atoms with Gasteiger partial charge in [-0.3, -0.25) is 0 Å². The van der Waals surface area contributed by atoms with Crippen molar-refractivity contribution in [1.82, 2.24) is 9.97 Å². The zero-order valence-corrected chi connectivity index (χ0v) is 15.2. The third-order valence-corrected chi connectivity index (χ3v) is 4.71. The number of ether oxygens (including phenoxy) is 2. The maximum Gasteiger partial charge on any atom is 0.205 e. The summed E-state index contributed by atoms with van der Waals surface area (Å²) in [6.45, 7) is 0. The molecule has 0 unspecified atom stereocenters. The largest absolute Gasteiger partial charge is 0.493 e. The number of nitrogens with one attached hydrogen (secondary N) is 1. The average molecular weight is 401 g/mol. The molecule has 2 heterocycles. The highest BCUT2D eigenvalue weighted by Crippen LogP contribution is 2.43. The Kier molecular flexibility index (Phi) is 3.86. The van der Waals surface area contributed by atoms with Gasteiger partial charge in [0, 0.05) is 22.0 Å². The number of hydrogen-bond acceptors (Lipinski definition) is 4. The molecule has 0 fully saturated rings. The lowest BCUT2D eigenvalue weighted by Crippen LogP contribution is -2.09. The van der Waals surface area contributed by atoms with Gasteiger partial charge in [-0.1, -0.05) is 58.5 Å². The summed E-state index contributed by atoms with van der Waals surface area (Å²) in [6, 6.07) is 13.8. The summed E-state index contributed by atoms with van der Waals surface area (Å²) in [5, 5.41) is 0. The van der Waals surface area contributed by atoms with E-state index in [4.69, 9.17) is 21.7 Å². The fraction of sp³-hybridized carbons (Fsp3) is 0.111. The highest BCUT2D eigenvalue weighted by atomic mass is 79.9. The standard InChI is InChI=1S/C18H13BrN2O2S/c1-22-14-9-12(19)7-11-8-13-17(23-15(11)14)20-16(21-18(13)24)10-5-3-2-4-6-10/h2-7,9H,8H2,1H3,(H,20,21,24). The van der Waals surface area contributed by atoms with Crippen molar-refractivity contribution < 1.29 is 9.47 Å². The normalized spacial score (nSPS) is 12.1. The van der Waals surface area contributed by atoms with Crippen LogP contribution in [0.25, 0.3) is 11.4 Å². The summed E-state index contributed by atoms with van der Waals surface area (Å²) in [5.74, 6) is 2.72. The molecule has 4 rings (SSSR count). The lowest BCUT2D eigenvalue weighted by Gasteiger charge is -2.22. The second kappa shape index (κ2) is 6.03. The monoisotopic (exact) mass is 400 g/mol. The molecule has 0 bridgehead atoms. The lowest BCUT2D eigenvalue weighted by molar-refractivity contribution is 0.365. The number of halogens is 1. The summed E-state index contributed by atoms with van der Waals surface area (Å²) in [5.41, 5.74) is 2.86. The quantitative estimate of drug-likeness (QED) is 0.465. The number of fused-ring (bicyclic) bond motifs is 2. The van der Waals surface area contributed by atoms with Crippen LogP contribution in [0.2, 0.25) is 0 Å². The maximum absolute atomic E-state index is 6.09. The first-order valence-electron chi connectivity index (χ1n) is 7.38. The topological polar surface area (TPSA) is 47.1 Å². The maximum atomic E-state index is 6.09. The SMILES string of the molecule is COc1cc(Br)cc2c1Oc1[nH]c(-c3ccccc3)nc(=S)c1C2. The Morgan fingerprint density at radius 3 is 2.79 bits per heavy atom. The number of methoxy groups -OCH3 is 1. The molecular weight excluding hydrogens is 388 g/mol. The molecule has 2 aromatic carbocycles. The van der Waals surface area contributed by atoms with Gasteiger partial charge in [0.15, 0.2) is 11.5 Å². The fourth-order valence-corrected chi connectivity index (χ4v) is 3.51. The first-order valence-corrected chi connectivity index (χ1v) is 8.58. The van der Waals surface area contributed by atoms with Crippen molar-refractivity contribution in [3.8, 4) is 28.8 Å². The predicted molar refractivity (Wildman–Crippen MR) is 98.4 cm³/mol. The summed E-state index contributed by atoms with van der Waals surface area (Å²) >= 11 is 8.99. The highest BCUT2D eigenvalue weighted by Gasteiger charge is 2.24. The van der Waals surface area contributed by atoms with Crippen molar-refractivity contribution in [1.29, 1.82) is 0 Å². The van der Waals surface area contributed by atoms with Crippen LogP contribution < -0.4 is 9.47 Å². The minimum absolute atomic E-state index is 0.548. The van der Waals surface area contributed by atoms with E-state index >= 15 is 0 Å². The molecule has 0 aliphatic carbocycles. The minimum Gasteiger partial charge on any atom is -0.493 e. The molecule has 3 aromatic rings. The first-order chi connectivity index (χ1) is 11.7. The van der Waals surface area contributed by atoms with Crippen LogP contribution in [0.15, 0.2) is 46.9 Å². The van der Waals surface area contributed by atoms with Gasteiger partial charge in [-0.05, 0) is 12.1 Å². The van der Waals surface area contributed by atoms with Crippen molar-refractivity contribution in [3.05, 3.63) is 62.7 Å². The molecule has 0 radical (unpaired) electrons. The van der Waals surface area contributed by atoms with Crippen LogP contribution in [0.1, 0.15) is 11.1 Å². The minimum atomic E-state index is 0.548. The molecule has 1 aliphatic heterocycles. The van der Waals surface area contributed by atoms with Crippen LogP contribution in [-0.4, -0.2) is 17.1 Å². The van der Waals surface area contributed by atoms with E-state index in [2.05, 4.69) is 25.9 Å². The molecular formula is C18H13BrN2O2S. The molecule has 1 aliphatic rings.